The van der Waals surface area contributed by atoms with Crippen LogP contribution in [0, 0.1) is 12.8 Å². The van der Waals surface area contributed by atoms with Crippen molar-refractivity contribution in [1.82, 2.24) is 14.9 Å². The summed E-state index contributed by atoms with van der Waals surface area (Å²) in [6.45, 7) is 7.94. The van der Waals surface area contributed by atoms with E-state index in [0.29, 0.717) is 16.8 Å². The van der Waals surface area contributed by atoms with Crippen molar-refractivity contribution in [2.24, 2.45) is 5.92 Å². The Morgan fingerprint density at radius 2 is 2.05 bits per heavy atom. The molecule has 0 saturated carbocycles. The molecule has 0 aliphatic rings. The number of hydrogen-bond donors (Lipinski definition) is 1. The Morgan fingerprint density at radius 1 is 1.33 bits per heavy atom. The number of aryl methyl sites for hydroxylation is 1. The van der Waals surface area contributed by atoms with E-state index < -0.39 is 0 Å². The molecule has 0 saturated heterocycles. The van der Waals surface area contributed by atoms with Crippen LogP contribution in [0.15, 0.2) is 29.3 Å². The number of carbonyl (C=O) groups is 1. The van der Waals surface area contributed by atoms with Crippen LogP contribution in [0.3, 0.4) is 0 Å². The molecular formula is C16H21N3O2. The second kappa shape index (κ2) is 6.08. The molecule has 0 aliphatic carbocycles. The molecule has 0 spiro atoms. The highest BCUT2D eigenvalue weighted by molar-refractivity contribution is 5.81. The van der Waals surface area contributed by atoms with Crippen molar-refractivity contribution in [3.8, 4) is 0 Å². The van der Waals surface area contributed by atoms with Gasteiger partial charge in [0.25, 0.3) is 5.56 Å². The molecular weight excluding hydrogens is 266 g/mol. The van der Waals surface area contributed by atoms with Gasteiger partial charge in [-0.1, -0.05) is 26.0 Å². The van der Waals surface area contributed by atoms with Gasteiger partial charge in [-0.2, -0.15) is 0 Å². The minimum absolute atomic E-state index is 0.00717. The summed E-state index contributed by atoms with van der Waals surface area (Å²) >= 11 is 0. The average Bonchev–Trinajstić information content (AvgIpc) is 2.42. The Labute approximate surface area is 124 Å². The first-order chi connectivity index (χ1) is 9.90. The second-order valence-corrected chi connectivity index (χ2v) is 5.75. The third kappa shape index (κ3) is 3.29. The van der Waals surface area contributed by atoms with Crippen LogP contribution in [0.2, 0.25) is 0 Å². The molecule has 0 fully saturated rings. The fourth-order valence-corrected chi connectivity index (χ4v) is 2.07. The van der Waals surface area contributed by atoms with Crippen molar-refractivity contribution in [3.63, 3.8) is 0 Å². The molecule has 21 heavy (non-hydrogen) atoms. The minimum Gasteiger partial charge on any atom is -0.352 e. The number of carbonyl (C=O) groups excluding carboxylic acids is 1. The van der Waals surface area contributed by atoms with Gasteiger partial charge in [0.05, 0.1) is 17.2 Å². The average molecular weight is 287 g/mol. The maximum atomic E-state index is 12.4. The SMILES string of the molecule is Cc1cccc2c(=O)n(CC(=O)NC(C)C(C)C)cnc12. The van der Waals surface area contributed by atoms with E-state index in [9.17, 15) is 9.59 Å². The molecule has 112 valence electrons. The van der Waals surface area contributed by atoms with Crippen LogP contribution in [-0.2, 0) is 11.3 Å². The van der Waals surface area contributed by atoms with Crippen LogP contribution < -0.4 is 10.9 Å². The van der Waals surface area contributed by atoms with E-state index in [1.54, 1.807) is 6.07 Å². The van der Waals surface area contributed by atoms with Gasteiger partial charge in [0.15, 0.2) is 0 Å². The van der Waals surface area contributed by atoms with E-state index in [1.807, 2.05) is 39.8 Å². The fourth-order valence-electron chi connectivity index (χ4n) is 2.07. The van der Waals surface area contributed by atoms with Crippen molar-refractivity contribution in [2.45, 2.75) is 40.3 Å². The van der Waals surface area contributed by atoms with Crippen molar-refractivity contribution < 1.29 is 4.79 Å². The van der Waals surface area contributed by atoms with Crippen LogP contribution in [0.5, 0.6) is 0 Å². The molecule has 1 unspecified atom stereocenters. The highest BCUT2D eigenvalue weighted by Gasteiger charge is 2.13. The molecule has 0 aliphatic heterocycles. The van der Waals surface area contributed by atoms with Crippen LogP contribution in [0.4, 0.5) is 0 Å². The van der Waals surface area contributed by atoms with Crippen molar-refractivity contribution >= 4 is 16.8 Å². The Balaban J connectivity index is 2.26. The van der Waals surface area contributed by atoms with Gasteiger partial charge in [-0.25, -0.2) is 4.98 Å². The first-order valence-electron chi connectivity index (χ1n) is 7.14. The van der Waals surface area contributed by atoms with Gasteiger partial charge in [-0.15, -0.1) is 0 Å². The van der Waals surface area contributed by atoms with Gasteiger partial charge in [0.2, 0.25) is 5.91 Å². The van der Waals surface area contributed by atoms with E-state index in [-0.39, 0.29) is 24.1 Å². The Morgan fingerprint density at radius 3 is 2.71 bits per heavy atom. The molecule has 1 amide bonds. The summed E-state index contributed by atoms with van der Waals surface area (Å²) in [4.78, 5) is 28.7. The fraction of sp³-hybridized carbons (Fsp3) is 0.438. The van der Waals surface area contributed by atoms with Crippen LogP contribution in [0.25, 0.3) is 10.9 Å². The Hall–Kier alpha value is -2.17. The summed E-state index contributed by atoms with van der Waals surface area (Å²) in [5.41, 5.74) is 1.46. The summed E-state index contributed by atoms with van der Waals surface area (Å²) < 4.78 is 1.35. The zero-order valence-corrected chi connectivity index (χ0v) is 12.9. The summed E-state index contributed by atoms with van der Waals surface area (Å²) in [5.74, 6) is 0.176. The zero-order chi connectivity index (χ0) is 15.6. The lowest BCUT2D eigenvalue weighted by Crippen LogP contribution is -2.39. The lowest BCUT2D eigenvalue weighted by molar-refractivity contribution is -0.122. The van der Waals surface area contributed by atoms with E-state index in [1.165, 1.54) is 10.9 Å². The normalized spacial score (nSPS) is 12.6. The summed E-state index contributed by atoms with van der Waals surface area (Å²) in [6.07, 6.45) is 1.44. The monoisotopic (exact) mass is 287 g/mol. The number of nitrogens with zero attached hydrogens (tertiary/aromatic N) is 2. The van der Waals surface area contributed by atoms with Crippen molar-refractivity contribution in [2.75, 3.05) is 0 Å². The maximum Gasteiger partial charge on any atom is 0.261 e. The number of nitrogens with one attached hydrogen (secondary N) is 1. The molecule has 1 aromatic carbocycles. The highest BCUT2D eigenvalue weighted by Crippen LogP contribution is 2.11. The van der Waals surface area contributed by atoms with Crippen molar-refractivity contribution in [1.29, 1.82) is 0 Å². The van der Waals surface area contributed by atoms with Crippen molar-refractivity contribution in [3.05, 3.63) is 40.4 Å². The molecule has 0 radical (unpaired) electrons. The molecule has 1 atom stereocenters. The first kappa shape index (κ1) is 15.2. The maximum absolute atomic E-state index is 12.4. The predicted molar refractivity (Wildman–Crippen MR) is 83.2 cm³/mol. The van der Waals surface area contributed by atoms with Gasteiger partial charge in [0.1, 0.15) is 6.54 Å². The number of para-hydroxylation sites is 1. The molecule has 1 heterocycles. The largest absolute Gasteiger partial charge is 0.352 e. The molecule has 1 N–H and O–H groups in total. The summed E-state index contributed by atoms with van der Waals surface area (Å²) in [7, 11) is 0. The van der Waals surface area contributed by atoms with Gasteiger partial charge in [-0.3, -0.25) is 14.2 Å². The quantitative estimate of drug-likeness (QED) is 0.933. The Kier molecular flexibility index (Phi) is 4.40. The standard InChI is InChI=1S/C16H21N3O2/c1-10(2)12(4)18-14(20)8-19-9-17-15-11(3)6-5-7-13(15)16(19)21/h5-7,9-10,12H,8H2,1-4H3,(H,18,20). The van der Waals surface area contributed by atoms with Gasteiger partial charge in [-0.05, 0) is 31.4 Å². The number of rotatable bonds is 4. The van der Waals surface area contributed by atoms with Crippen LogP contribution in [0.1, 0.15) is 26.3 Å². The summed E-state index contributed by atoms with van der Waals surface area (Å²) in [5, 5.41) is 3.43. The third-order valence-corrected chi connectivity index (χ3v) is 3.76. The van der Waals surface area contributed by atoms with E-state index in [2.05, 4.69) is 10.3 Å². The third-order valence-electron chi connectivity index (χ3n) is 3.76. The molecule has 5 nitrogen and oxygen atoms in total. The van der Waals surface area contributed by atoms with E-state index in [4.69, 9.17) is 0 Å². The number of amides is 1. The van der Waals surface area contributed by atoms with Gasteiger partial charge in [0, 0.05) is 6.04 Å². The molecule has 5 heteroatoms. The molecule has 2 rings (SSSR count). The van der Waals surface area contributed by atoms with Gasteiger partial charge < -0.3 is 5.32 Å². The number of hydrogen-bond acceptors (Lipinski definition) is 3. The lowest BCUT2D eigenvalue weighted by Gasteiger charge is -2.17. The minimum atomic E-state index is -0.184. The van der Waals surface area contributed by atoms with E-state index >= 15 is 0 Å². The molecule has 1 aromatic heterocycles. The lowest BCUT2D eigenvalue weighted by atomic mass is 10.1. The second-order valence-electron chi connectivity index (χ2n) is 5.75. The predicted octanol–water partition coefficient (Wildman–Crippen LogP) is 1.87. The topological polar surface area (TPSA) is 64.0 Å². The number of benzene rings is 1. The first-order valence-corrected chi connectivity index (χ1v) is 7.14. The van der Waals surface area contributed by atoms with Crippen LogP contribution in [-0.4, -0.2) is 21.5 Å². The number of fused-ring (bicyclic) bond motifs is 1. The molecule has 0 bridgehead atoms. The van der Waals surface area contributed by atoms with E-state index in [0.717, 1.165) is 5.56 Å². The zero-order valence-electron chi connectivity index (χ0n) is 12.9. The Bertz CT molecular complexity index is 719. The van der Waals surface area contributed by atoms with Gasteiger partial charge >= 0.3 is 0 Å². The highest BCUT2D eigenvalue weighted by atomic mass is 16.2. The summed E-state index contributed by atoms with van der Waals surface area (Å²) in [6, 6.07) is 5.55. The molecule has 2 aromatic rings. The smallest absolute Gasteiger partial charge is 0.261 e. The number of aromatic nitrogens is 2. The van der Waals surface area contributed by atoms with Crippen LogP contribution >= 0.6 is 0 Å².